The second-order valence-corrected chi connectivity index (χ2v) is 9.23. The van der Waals surface area contributed by atoms with Crippen molar-refractivity contribution in [2.45, 2.75) is 12.2 Å². The van der Waals surface area contributed by atoms with E-state index in [1.807, 2.05) is 0 Å². The van der Waals surface area contributed by atoms with Crippen LogP contribution in [0.5, 0.6) is 0 Å². The van der Waals surface area contributed by atoms with Gasteiger partial charge in [0.15, 0.2) is 0 Å². The van der Waals surface area contributed by atoms with Gasteiger partial charge < -0.3 is 9.79 Å². The Morgan fingerprint density at radius 2 is 1.65 bits per heavy atom. The van der Waals surface area contributed by atoms with Gasteiger partial charge >= 0.3 is 23.5 Å². The van der Waals surface area contributed by atoms with Crippen molar-refractivity contribution in [2.75, 3.05) is 12.9 Å². The van der Waals surface area contributed by atoms with E-state index < -0.39 is 23.5 Å². The van der Waals surface area contributed by atoms with Crippen LogP contribution in [0.25, 0.3) is 0 Å². The largest absolute Gasteiger partial charge is 0.492 e. The zero-order valence-corrected chi connectivity index (χ0v) is 12.3. The topological polar surface area (TPSA) is 129 Å². The van der Waals surface area contributed by atoms with Crippen molar-refractivity contribution in [3.05, 3.63) is 0 Å². The number of hydrogen-bond acceptors (Lipinski definition) is 8. The third kappa shape index (κ3) is 5.12. The molecule has 0 aliphatic carbocycles. The van der Waals surface area contributed by atoms with Crippen LogP contribution in [0.3, 0.4) is 0 Å². The molecule has 1 fully saturated rings. The first-order valence-corrected chi connectivity index (χ1v) is 9.88. The zero-order valence-electron chi connectivity index (χ0n) is 8.79. The van der Waals surface area contributed by atoms with Crippen molar-refractivity contribution in [3.8, 4) is 0 Å². The van der Waals surface area contributed by atoms with E-state index in [2.05, 4.69) is 17.5 Å². The standard InChI is InChI=1S/C4H11O9P3S/c1-4(17-2)3-10-16(9)12-14(5,6)11-15(7,8)13-16/h4H,3H2,1-2H3,(H,5,6)(H,7,8). The molecule has 0 saturated carbocycles. The molecule has 1 aliphatic rings. The molecule has 1 saturated heterocycles. The molecular formula is C4H11O9P3S. The molecule has 13 heteroatoms. The fourth-order valence-corrected chi connectivity index (χ4v) is 6.06. The minimum absolute atomic E-state index is 0.118. The maximum atomic E-state index is 11.7. The Hall–Kier alpha value is 0.800. The highest BCUT2D eigenvalue weighted by molar-refractivity contribution is 7.99. The van der Waals surface area contributed by atoms with Gasteiger partial charge in [0, 0.05) is 5.25 Å². The van der Waals surface area contributed by atoms with Gasteiger partial charge in [-0.25, -0.2) is 13.7 Å². The highest BCUT2D eigenvalue weighted by Gasteiger charge is 2.54. The lowest BCUT2D eigenvalue weighted by Gasteiger charge is -2.27. The summed E-state index contributed by atoms with van der Waals surface area (Å²) in [6.45, 7) is 1.56. The highest BCUT2D eigenvalue weighted by Crippen LogP contribution is 2.79. The Morgan fingerprint density at radius 3 is 2.06 bits per heavy atom. The van der Waals surface area contributed by atoms with E-state index in [1.54, 1.807) is 13.2 Å². The Labute approximate surface area is 102 Å². The van der Waals surface area contributed by atoms with E-state index >= 15 is 0 Å². The molecule has 0 aromatic heterocycles. The van der Waals surface area contributed by atoms with Gasteiger partial charge in [-0.3, -0.25) is 4.52 Å². The molecule has 0 aromatic rings. The molecule has 3 atom stereocenters. The summed E-state index contributed by atoms with van der Waals surface area (Å²) in [5.74, 6) is 0. The molecule has 0 radical (unpaired) electrons. The van der Waals surface area contributed by atoms with Crippen molar-refractivity contribution in [1.82, 2.24) is 0 Å². The first kappa shape index (κ1) is 15.9. The van der Waals surface area contributed by atoms with E-state index in [1.165, 1.54) is 11.8 Å². The predicted molar refractivity (Wildman–Crippen MR) is 59.4 cm³/mol. The molecule has 1 aliphatic heterocycles. The minimum Gasteiger partial charge on any atom is -0.302 e. The van der Waals surface area contributed by atoms with Crippen LogP contribution in [-0.4, -0.2) is 27.9 Å². The fourth-order valence-electron chi connectivity index (χ4n) is 0.739. The first-order valence-electron chi connectivity index (χ1n) is 4.14. The monoisotopic (exact) mass is 328 g/mol. The Kier molecular flexibility index (Phi) is 5.06. The molecule has 0 aromatic carbocycles. The van der Waals surface area contributed by atoms with E-state index in [0.717, 1.165) is 0 Å². The Morgan fingerprint density at radius 1 is 1.18 bits per heavy atom. The summed E-state index contributed by atoms with van der Waals surface area (Å²) in [7, 11) is -14.5. The van der Waals surface area contributed by atoms with Crippen molar-refractivity contribution in [2.24, 2.45) is 0 Å². The number of phosphoric acid groups is 3. The summed E-state index contributed by atoms with van der Waals surface area (Å²) in [6.07, 6.45) is 1.75. The average Bonchev–Trinajstić information content (AvgIpc) is 2.08. The molecule has 3 unspecified atom stereocenters. The Bertz CT molecular complexity index is 394. The van der Waals surface area contributed by atoms with Crippen LogP contribution in [0.2, 0.25) is 0 Å². The molecule has 0 amide bonds. The minimum atomic E-state index is -4.93. The van der Waals surface area contributed by atoms with E-state index in [-0.39, 0.29) is 11.9 Å². The van der Waals surface area contributed by atoms with Gasteiger partial charge in [-0.15, -0.1) is 0 Å². The fraction of sp³-hybridized carbons (Fsp3) is 1.00. The van der Waals surface area contributed by atoms with Crippen LogP contribution in [0.15, 0.2) is 0 Å². The molecule has 17 heavy (non-hydrogen) atoms. The predicted octanol–water partition coefficient (Wildman–Crippen LogP) is 2.13. The van der Waals surface area contributed by atoms with Gasteiger partial charge in [0.05, 0.1) is 6.61 Å². The van der Waals surface area contributed by atoms with E-state index in [9.17, 15) is 13.7 Å². The van der Waals surface area contributed by atoms with Crippen LogP contribution in [0, 0.1) is 0 Å². The van der Waals surface area contributed by atoms with Crippen LogP contribution in [0.4, 0.5) is 0 Å². The lowest BCUT2D eigenvalue weighted by molar-refractivity contribution is 0.137. The molecule has 1 rings (SSSR count). The summed E-state index contributed by atoms with van der Waals surface area (Å²) in [4.78, 5) is 17.8. The molecule has 102 valence electrons. The van der Waals surface area contributed by atoms with E-state index in [4.69, 9.17) is 9.79 Å². The third-order valence-corrected chi connectivity index (χ3v) is 7.79. The second-order valence-electron chi connectivity index (χ2n) is 2.97. The van der Waals surface area contributed by atoms with Crippen molar-refractivity contribution < 1.29 is 40.9 Å². The number of rotatable bonds is 4. The lowest BCUT2D eigenvalue weighted by Crippen LogP contribution is -2.11. The average molecular weight is 328 g/mol. The van der Waals surface area contributed by atoms with Crippen molar-refractivity contribution >= 4 is 35.2 Å². The summed E-state index contributed by atoms with van der Waals surface area (Å²) in [6, 6.07) is 0. The highest BCUT2D eigenvalue weighted by atomic mass is 32.2. The van der Waals surface area contributed by atoms with Gasteiger partial charge in [0.2, 0.25) is 0 Å². The summed E-state index contributed by atoms with van der Waals surface area (Å²) < 4.78 is 50.2. The molecular weight excluding hydrogens is 317 g/mol. The smallest absolute Gasteiger partial charge is 0.302 e. The quantitative estimate of drug-likeness (QED) is 0.740. The molecule has 2 N–H and O–H groups in total. The third-order valence-electron chi connectivity index (χ3n) is 1.48. The van der Waals surface area contributed by atoms with Gasteiger partial charge in [-0.05, 0) is 6.26 Å². The molecule has 0 bridgehead atoms. The van der Waals surface area contributed by atoms with E-state index in [0.29, 0.717) is 0 Å². The Balaban J connectivity index is 2.78. The number of thioether (sulfide) groups is 1. The normalized spacial score (nSPS) is 44.5. The number of hydrogen-bond donors (Lipinski definition) is 2. The molecule has 9 nitrogen and oxygen atoms in total. The van der Waals surface area contributed by atoms with Crippen LogP contribution in [-0.2, 0) is 31.2 Å². The SMILES string of the molecule is CSC(C)COP1(=O)OP(=O)(O)OP(=O)(O)O1. The van der Waals surface area contributed by atoms with Gasteiger partial charge in [0.1, 0.15) is 0 Å². The van der Waals surface area contributed by atoms with Gasteiger partial charge in [-0.1, -0.05) is 6.92 Å². The van der Waals surface area contributed by atoms with Crippen LogP contribution >= 0.6 is 35.2 Å². The summed E-state index contributed by atoms with van der Waals surface area (Å²) in [5, 5.41) is -0.118. The van der Waals surface area contributed by atoms with Crippen molar-refractivity contribution in [1.29, 1.82) is 0 Å². The van der Waals surface area contributed by atoms with Gasteiger partial charge in [-0.2, -0.15) is 24.7 Å². The molecule has 0 spiro atoms. The second kappa shape index (κ2) is 5.43. The summed E-state index contributed by atoms with van der Waals surface area (Å²) in [5.41, 5.74) is 0. The first-order chi connectivity index (χ1) is 7.58. The van der Waals surface area contributed by atoms with Crippen LogP contribution < -0.4 is 0 Å². The van der Waals surface area contributed by atoms with Crippen molar-refractivity contribution in [3.63, 3.8) is 0 Å². The van der Waals surface area contributed by atoms with Gasteiger partial charge in [0.25, 0.3) is 0 Å². The lowest BCUT2D eigenvalue weighted by atomic mass is 10.5. The summed E-state index contributed by atoms with van der Waals surface area (Å²) >= 11 is 1.36. The molecule has 1 heterocycles. The van der Waals surface area contributed by atoms with Crippen LogP contribution in [0.1, 0.15) is 6.92 Å². The zero-order chi connectivity index (χ0) is 13.3. The maximum Gasteiger partial charge on any atom is 0.492 e. The maximum absolute atomic E-state index is 11.7.